The molecule has 0 saturated heterocycles. The first-order valence-corrected chi connectivity index (χ1v) is 9.24. The van der Waals surface area contributed by atoms with Crippen molar-refractivity contribution in [2.45, 2.75) is 20.5 Å². The first-order valence-electron chi connectivity index (χ1n) is 8.45. The summed E-state index contributed by atoms with van der Waals surface area (Å²) in [5.41, 5.74) is 3.70. The van der Waals surface area contributed by atoms with Gasteiger partial charge in [0.2, 0.25) is 5.88 Å². The van der Waals surface area contributed by atoms with Gasteiger partial charge in [-0.1, -0.05) is 12.1 Å². The zero-order valence-corrected chi connectivity index (χ0v) is 16.7. The summed E-state index contributed by atoms with van der Waals surface area (Å²) in [7, 11) is 1.98. The van der Waals surface area contributed by atoms with Crippen LogP contribution in [0.5, 0.6) is 5.88 Å². The average Bonchev–Trinajstić information content (AvgIpc) is 2.66. The minimum atomic E-state index is 0.442. The first-order chi connectivity index (χ1) is 12.6. The van der Waals surface area contributed by atoms with E-state index in [4.69, 9.17) is 4.74 Å². The highest BCUT2D eigenvalue weighted by Gasteiger charge is 2.09. The molecule has 1 aromatic carbocycles. The number of nitrogens with zero attached hydrogens (tertiary/aromatic N) is 4. The molecule has 2 heterocycles. The van der Waals surface area contributed by atoms with Crippen LogP contribution in [0.15, 0.2) is 52.1 Å². The lowest BCUT2D eigenvalue weighted by Gasteiger charge is -2.11. The van der Waals surface area contributed by atoms with Crippen molar-refractivity contribution in [2.24, 2.45) is 4.99 Å². The predicted octanol–water partition coefficient (Wildman–Crippen LogP) is 4.89. The highest BCUT2D eigenvalue weighted by atomic mass is 79.9. The lowest BCUT2D eigenvalue weighted by molar-refractivity contribution is 0.291. The molecule has 3 aromatic rings. The Morgan fingerprint density at radius 1 is 1.27 bits per heavy atom. The topological polar surface area (TPSA) is 50.6 Å². The van der Waals surface area contributed by atoms with Gasteiger partial charge in [0.25, 0.3) is 0 Å². The number of benzene rings is 1. The molecule has 0 fully saturated rings. The molecule has 6 heteroatoms. The number of fused-ring (bicyclic) bond motifs is 1. The molecule has 2 aromatic heterocycles. The molecule has 0 aliphatic heterocycles. The molecule has 0 spiro atoms. The van der Waals surface area contributed by atoms with E-state index in [1.807, 2.05) is 49.2 Å². The second kappa shape index (κ2) is 8.27. The summed E-state index contributed by atoms with van der Waals surface area (Å²) >= 11 is 3.53. The van der Waals surface area contributed by atoms with Crippen LogP contribution in [0.3, 0.4) is 0 Å². The largest absolute Gasteiger partial charge is 0.472 e. The van der Waals surface area contributed by atoms with Gasteiger partial charge in [0.05, 0.1) is 27.7 Å². The molecule has 5 nitrogen and oxygen atoms in total. The summed E-state index contributed by atoms with van der Waals surface area (Å²) in [4.78, 5) is 15.4. The van der Waals surface area contributed by atoms with E-state index in [-0.39, 0.29) is 0 Å². The maximum absolute atomic E-state index is 5.91. The zero-order chi connectivity index (χ0) is 18.5. The molecule has 0 radical (unpaired) electrons. The highest BCUT2D eigenvalue weighted by molar-refractivity contribution is 9.10. The van der Waals surface area contributed by atoms with Gasteiger partial charge in [-0.15, -0.1) is 0 Å². The molecule has 0 bridgehead atoms. The van der Waals surface area contributed by atoms with Crippen molar-refractivity contribution in [3.05, 3.63) is 58.3 Å². The minimum absolute atomic E-state index is 0.442. The van der Waals surface area contributed by atoms with Gasteiger partial charge in [-0.2, -0.15) is 0 Å². The Kier molecular flexibility index (Phi) is 5.83. The van der Waals surface area contributed by atoms with Crippen LogP contribution >= 0.6 is 15.9 Å². The van der Waals surface area contributed by atoms with Gasteiger partial charge < -0.3 is 9.64 Å². The predicted molar refractivity (Wildman–Crippen MR) is 109 cm³/mol. The molecule has 0 saturated carbocycles. The Labute approximate surface area is 161 Å². The summed E-state index contributed by atoms with van der Waals surface area (Å²) in [5.74, 6) is 0.566. The molecule has 0 atom stereocenters. The fourth-order valence-electron chi connectivity index (χ4n) is 2.39. The highest BCUT2D eigenvalue weighted by Crippen LogP contribution is 2.30. The number of hydrogen-bond donors (Lipinski definition) is 0. The summed E-state index contributed by atoms with van der Waals surface area (Å²) < 4.78 is 6.70. The number of ether oxygens (including phenoxy) is 1. The van der Waals surface area contributed by atoms with Gasteiger partial charge in [-0.25, -0.2) is 9.98 Å². The molecule has 0 aliphatic carbocycles. The Morgan fingerprint density at radius 2 is 2.12 bits per heavy atom. The van der Waals surface area contributed by atoms with Gasteiger partial charge in [0.15, 0.2) is 0 Å². The monoisotopic (exact) mass is 412 g/mol. The SMILES string of the molecule is CCN(C)C=Nc1cc(Br)c(OCc2ccc3ncccc3c2)nc1C. The molecule has 134 valence electrons. The number of pyridine rings is 2. The number of hydrogen-bond acceptors (Lipinski definition) is 4. The quantitative estimate of drug-likeness (QED) is 0.427. The molecule has 0 amide bonds. The fourth-order valence-corrected chi connectivity index (χ4v) is 2.81. The van der Waals surface area contributed by atoms with Crippen LogP contribution in [0.4, 0.5) is 5.69 Å². The molecule has 3 rings (SSSR count). The van der Waals surface area contributed by atoms with Crippen LogP contribution in [0.2, 0.25) is 0 Å². The number of rotatable bonds is 6. The Hall–Kier alpha value is -2.47. The van der Waals surface area contributed by atoms with Crippen LogP contribution in [-0.2, 0) is 6.61 Å². The van der Waals surface area contributed by atoms with E-state index in [1.165, 1.54) is 0 Å². The van der Waals surface area contributed by atoms with Crippen molar-refractivity contribution >= 4 is 38.9 Å². The molecular weight excluding hydrogens is 392 g/mol. The van der Waals surface area contributed by atoms with Gasteiger partial charge >= 0.3 is 0 Å². The van der Waals surface area contributed by atoms with E-state index >= 15 is 0 Å². The normalized spacial score (nSPS) is 11.2. The van der Waals surface area contributed by atoms with E-state index < -0.39 is 0 Å². The minimum Gasteiger partial charge on any atom is -0.472 e. The van der Waals surface area contributed by atoms with Gasteiger partial charge in [-0.3, -0.25) is 4.98 Å². The molecule has 0 unspecified atom stereocenters. The summed E-state index contributed by atoms with van der Waals surface area (Å²) in [5, 5.41) is 1.10. The van der Waals surface area contributed by atoms with Crippen molar-refractivity contribution in [2.75, 3.05) is 13.6 Å². The summed E-state index contributed by atoms with van der Waals surface area (Å²) in [6.45, 7) is 5.35. The summed E-state index contributed by atoms with van der Waals surface area (Å²) in [6, 6.07) is 12.0. The second-order valence-corrected chi connectivity index (χ2v) is 6.87. The van der Waals surface area contributed by atoms with Gasteiger partial charge in [0, 0.05) is 25.2 Å². The summed E-state index contributed by atoms with van der Waals surface area (Å²) in [6.07, 6.45) is 3.60. The van der Waals surface area contributed by atoms with Crippen molar-refractivity contribution in [3.63, 3.8) is 0 Å². The number of aryl methyl sites for hydroxylation is 1. The Balaban J connectivity index is 1.74. The zero-order valence-electron chi connectivity index (χ0n) is 15.1. The molecule has 0 aliphatic rings. The van der Waals surface area contributed by atoms with Crippen LogP contribution < -0.4 is 4.74 Å². The third-order valence-electron chi connectivity index (χ3n) is 4.04. The van der Waals surface area contributed by atoms with Gasteiger partial charge in [0.1, 0.15) is 6.61 Å². The second-order valence-electron chi connectivity index (χ2n) is 6.02. The van der Waals surface area contributed by atoms with Crippen molar-refractivity contribution in [3.8, 4) is 5.88 Å². The Bertz CT molecular complexity index is 942. The maximum Gasteiger partial charge on any atom is 0.228 e. The standard InChI is InChI=1S/C20H21BrN4O/c1-4-25(3)13-23-19-11-17(21)20(24-14(19)2)26-12-15-7-8-18-16(10-15)6-5-9-22-18/h5-11,13H,4,12H2,1-3H3. The molecule has 0 N–H and O–H groups in total. The van der Waals surface area contributed by atoms with Crippen LogP contribution in [0.25, 0.3) is 10.9 Å². The third kappa shape index (κ3) is 4.38. The van der Waals surface area contributed by atoms with Gasteiger partial charge in [-0.05, 0) is 59.6 Å². The van der Waals surface area contributed by atoms with Crippen LogP contribution in [0.1, 0.15) is 18.2 Å². The van der Waals surface area contributed by atoms with E-state index in [0.717, 1.165) is 38.9 Å². The van der Waals surface area contributed by atoms with E-state index in [2.05, 4.69) is 43.9 Å². The fraction of sp³-hybridized carbons (Fsp3) is 0.250. The maximum atomic E-state index is 5.91. The van der Waals surface area contributed by atoms with E-state index in [1.54, 1.807) is 12.5 Å². The number of halogens is 1. The van der Waals surface area contributed by atoms with E-state index in [0.29, 0.717) is 12.5 Å². The van der Waals surface area contributed by atoms with Crippen molar-refractivity contribution < 1.29 is 4.74 Å². The molecule has 26 heavy (non-hydrogen) atoms. The Morgan fingerprint density at radius 3 is 2.92 bits per heavy atom. The number of aromatic nitrogens is 2. The molecular formula is C20H21BrN4O. The number of aliphatic imine (C=N–C) groups is 1. The van der Waals surface area contributed by atoms with Crippen LogP contribution in [0, 0.1) is 6.92 Å². The smallest absolute Gasteiger partial charge is 0.228 e. The lowest BCUT2D eigenvalue weighted by atomic mass is 10.1. The van der Waals surface area contributed by atoms with Crippen molar-refractivity contribution in [1.29, 1.82) is 0 Å². The average molecular weight is 413 g/mol. The third-order valence-corrected chi connectivity index (χ3v) is 4.61. The van der Waals surface area contributed by atoms with E-state index in [9.17, 15) is 0 Å². The lowest BCUT2D eigenvalue weighted by Crippen LogP contribution is -2.14. The first kappa shape index (κ1) is 18.3. The van der Waals surface area contributed by atoms with Crippen molar-refractivity contribution in [1.82, 2.24) is 14.9 Å². The van der Waals surface area contributed by atoms with Crippen LogP contribution in [-0.4, -0.2) is 34.8 Å².